The van der Waals surface area contributed by atoms with E-state index >= 15 is 0 Å². The monoisotopic (exact) mass is 370 g/mol. The van der Waals surface area contributed by atoms with Gasteiger partial charge in [0.1, 0.15) is 12.4 Å². The summed E-state index contributed by atoms with van der Waals surface area (Å²) in [5, 5.41) is 13.8. The van der Waals surface area contributed by atoms with E-state index in [1.54, 1.807) is 7.11 Å². The highest BCUT2D eigenvalue weighted by Crippen LogP contribution is 2.43. The molecule has 0 unspecified atom stereocenters. The van der Waals surface area contributed by atoms with Crippen LogP contribution in [0.2, 0.25) is 0 Å². The van der Waals surface area contributed by atoms with Crippen molar-refractivity contribution in [3.63, 3.8) is 0 Å². The highest BCUT2D eigenvalue weighted by atomic mass is 32.2. The van der Waals surface area contributed by atoms with Gasteiger partial charge in [-0.2, -0.15) is 5.26 Å². The van der Waals surface area contributed by atoms with E-state index in [4.69, 9.17) is 9.47 Å². The number of hydrogen-bond acceptors (Lipinski definition) is 6. The van der Waals surface area contributed by atoms with E-state index in [0.29, 0.717) is 22.6 Å². The van der Waals surface area contributed by atoms with E-state index in [9.17, 15) is 10.1 Å². The first-order valence-corrected chi connectivity index (χ1v) is 9.23. The van der Waals surface area contributed by atoms with Crippen LogP contribution in [0, 0.1) is 11.3 Å². The van der Waals surface area contributed by atoms with Gasteiger partial charge in [0.25, 0.3) is 0 Å². The fraction of sp³-hybridized carbons (Fsp3) is 0.300. The van der Waals surface area contributed by atoms with Crippen LogP contribution in [0.1, 0.15) is 25.3 Å². The third-order valence-corrected chi connectivity index (χ3v) is 4.84. The number of esters is 1. The van der Waals surface area contributed by atoms with Crippen molar-refractivity contribution < 1.29 is 14.3 Å². The summed E-state index contributed by atoms with van der Waals surface area (Å²) < 4.78 is 10.8. The second-order valence-electron chi connectivity index (χ2n) is 5.51. The molecule has 0 spiro atoms. The number of para-hydroxylation sites is 1. The first-order valence-electron chi connectivity index (χ1n) is 8.24. The van der Waals surface area contributed by atoms with E-state index in [1.165, 1.54) is 17.8 Å². The Kier molecular flexibility index (Phi) is 6.93. The van der Waals surface area contributed by atoms with Crippen LogP contribution in [-0.2, 0) is 9.53 Å². The van der Waals surface area contributed by atoms with Gasteiger partial charge in [-0.15, -0.1) is 11.8 Å². The van der Waals surface area contributed by atoms with Gasteiger partial charge in [-0.3, -0.25) is 0 Å². The Bertz CT molecular complexity index is 806. The van der Waals surface area contributed by atoms with Crippen LogP contribution in [0.15, 0.2) is 58.8 Å². The number of thioether (sulfide) groups is 1. The number of carbonyl (C=O) groups excluding carboxylic acids is 1. The van der Waals surface area contributed by atoms with Crippen molar-refractivity contribution in [1.29, 1.82) is 5.26 Å². The Hall–Kier alpha value is -2.65. The minimum absolute atomic E-state index is 0.108. The van der Waals surface area contributed by atoms with Gasteiger partial charge in [0.15, 0.2) is 0 Å². The van der Waals surface area contributed by atoms with Crippen molar-refractivity contribution in [2.75, 3.05) is 19.5 Å². The first-order chi connectivity index (χ1) is 12.6. The molecule has 0 aromatic heterocycles. The topological polar surface area (TPSA) is 71.3 Å². The van der Waals surface area contributed by atoms with E-state index in [2.05, 4.69) is 18.0 Å². The smallest absolute Gasteiger partial charge is 0.337 e. The molecule has 0 aliphatic carbocycles. The molecule has 26 heavy (non-hydrogen) atoms. The lowest BCUT2D eigenvalue weighted by molar-refractivity contribution is -0.138. The molecule has 1 aromatic rings. The third-order valence-electron chi connectivity index (χ3n) is 3.94. The van der Waals surface area contributed by atoms with Gasteiger partial charge < -0.3 is 14.8 Å². The number of benzene rings is 1. The van der Waals surface area contributed by atoms with Crippen LogP contribution in [-0.4, -0.2) is 25.4 Å². The second-order valence-corrected chi connectivity index (χ2v) is 6.79. The lowest BCUT2D eigenvalue weighted by atomic mass is 9.82. The molecule has 0 saturated heterocycles. The summed E-state index contributed by atoms with van der Waals surface area (Å²) in [7, 11) is 1.57. The molecule has 2 rings (SSSR count). The molecule has 0 saturated carbocycles. The number of dihydropyridines is 1. The second kappa shape index (κ2) is 9.16. The van der Waals surface area contributed by atoms with Crippen molar-refractivity contribution in [1.82, 2.24) is 5.32 Å². The van der Waals surface area contributed by atoms with Crippen molar-refractivity contribution >= 4 is 17.7 Å². The summed E-state index contributed by atoms with van der Waals surface area (Å²) in [6, 6.07) is 9.69. The average Bonchev–Trinajstić information content (AvgIpc) is 2.65. The number of carbonyl (C=O) groups is 1. The highest BCUT2D eigenvalue weighted by molar-refractivity contribution is 8.03. The number of methoxy groups -OCH3 is 1. The summed E-state index contributed by atoms with van der Waals surface area (Å²) in [5.41, 5.74) is 2.32. The van der Waals surface area contributed by atoms with Crippen LogP contribution in [0.25, 0.3) is 0 Å². The maximum Gasteiger partial charge on any atom is 0.337 e. The van der Waals surface area contributed by atoms with Crippen molar-refractivity contribution in [3.05, 3.63) is 64.4 Å². The van der Waals surface area contributed by atoms with E-state index in [-0.39, 0.29) is 6.61 Å². The van der Waals surface area contributed by atoms with Crippen LogP contribution >= 0.6 is 11.8 Å². The van der Waals surface area contributed by atoms with Crippen LogP contribution in [0.3, 0.4) is 0 Å². The fourth-order valence-corrected chi connectivity index (χ4v) is 3.70. The predicted molar refractivity (Wildman–Crippen MR) is 103 cm³/mol. The minimum Gasteiger partial charge on any atom is -0.496 e. The number of nitriles is 1. The molecule has 5 nitrogen and oxygen atoms in total. The first kappa shape index (κ1) is 19.7. The van der Waals surface area contributed by atoms with E-state index in [0.717, 1.165) is 16.3 Å². The molecule has 1 atom stereocenters. The molecular weight excluding hydrogens is 348 g/mol. The molecule has 0 bridgehead atoms. The van der Waals surface area contributed by atoms with Gasteiger partial charge in [-0.25, -0.2) is 4.79 Å². The summed E-state index contributed by atoms with van der Waals surface area (Å²) in [4.78, 5) is 12.7. The van der Waals surface area contributed by atoms with Crippen LogP contribution in [0.4, 0.5) is 0 Å². The quantitative estimate of drug-likeness (QED) is 0.580. The number of ether oxygens (including phenoxy) is 2. The van der Waals surface area contributed by atoms with Crippen molar-refractivity contribution in [3.8, 4) is 11.8 Å². The zero-order chi connectivity index (χ0) is 19.1. The Balaban J connectivity index is 2.66. The number of allylic oxidation sites excluding steroid dienone is 2. The van der Waals surface area contributed by atoms with Gasteiger partial charge in [-0.05, 0) is 18.7 Å². The van der Waals surface area contributed by atoms with E-state index in [1.807, 2.05) is 38.1 Å². The molecule has 136 valence electrons. The maximum atomic E-state index is 12.7. The maximum absolute atomic E-state index is 12.7. The number of rotatable bonds is 7. The highest BCUT2D eigenvalue weighted by Gasteiger charge is 2.36. The molecule has 0 amide bonds. The SMILES string of the molecule is C=CCOC(=O)C1=C(C)NC(SCC)=C(C#N)[C@H]1c1ccccc1OC. The normalized spacial score (nSPS) is 16.6. The number of nitrogens with one attached hydrogen (secondary N) is 1. The van der Waals surface area contributed by atoms with Crippen LogP contribution in [0.5, 0.6) is 5.75 Å². The van der Waals surface area contributed by atoms with Gasteiger partial charge in [0, 0.05) is 11.3 Å². The summed E-state index contributed by atoms with van der Waals surface area (Å²) >= 11 is 1.53. The standard InChI is InChI=1S/C20H22N2O3S/c1-5-11-25-20(23)17-13(3)22-19(26-6-2)15(12-21)18(17)14-9-7-8-10-16(14)24-4/h5,7-10,18,22H,1,6,11H2,2-4H3/t18-/m1/s1. The molecule has 1 aliphatic heterocycles. The fourth-order valence-electron chi connectivity index (χ4n) is 2.87. The predicted octanol–water partition coefficient (Wildman–Crippen LogP) is 3.87. The van der Waals surface area contributed by atoms with Gasteiger partial charge in [-0.1, -0.05) is 37.8 Å². The summed E-state index contributed by atoms with van der Waals surface area (Å²) in [6.07, 6.45) is 1.52. The average molecular weight is 370 g/mol. The molecule has 1 heterocycles. The van der Waals surface area contributed by atoms with E-state index < -0.39 is 11.9 Å². The van der Waals surface area contributed by atoms with Crippen molar-refractivity contribution in [2.24, 2.45) is 0 Å². The molecular formula is C20H22N2O3S. The molecule has 1 N–H and O–H groups in total. The van der Waals surface area contributed by atoms with Gasteiger partial charge in [0.2, 0.25) is 0 Å². The largest absolute Gasteiger partial charge is 0.496 e. The zero-order valence-corrected chi connectivity index (χ0v) is 16.0. The summed E-state index contributed by atoms with van der Waals surface area (Å²) in [5.74, 6) is 0.396. The zero-order valence-electron chi connectivity index (χ0n) is 15.2. The Morgan fingerprint density at radius 3 is 2.81 bits per heavy atom. The molecule has 6 heteroatoms. The molecule has 0 fully saturated rings. The Morgan fingerprint density at radius 2 is 2.19 bits per heavy atom. The van der Waals surface area contributed by atoms with Crippen molar-refractivity contribution in [2.45, 2.75) is 19.8 Å². The lowest BCUT2D eigenvalue weighted by Gasteiger charge is -2.30. The van der Waals surface area contributed by atoms with Gasteiger partial charge >= 0.3 is 5.97 Å². The summed E-state index contributed by atoms with van der Waals surface area (Å²) in [6.45, 7) is 7.51. The molecule has 1 aliphatic rings. The number of nitrogens with zero attached hydrogens (tertiary/aromatic N) is 1. The lowest BCUT2D eigenvalue weighted by Crippen LogP contribution is -2.29. The minimum atomic E-state index is -0.552. The third kappa shape index (κ3) is 3.94. The molecule has 0 radical (unpaired) electrons. The van der Waals surface area contributed by atoms with Gasteiger partial charge in [0.05, 0.1) is 35.3 Å². The van der Waals surface area contributed by atoms with Crippen LogP contribution < -0.4 is 10.1 Å². The number of hydrogen-bond donors (Lipinski definition) is 1. The Labute approximate surface area is 158 Å². The molecule has 1 aromatic carbocycles. The Morgan fingerprint density at radius 1 is 1.46 bits per heavy atom.